The second kappa shape index (κ2) is 5.55. The maximum atomic E-state index is 11.0. The van der Waals surface area contributed by atoms with Crippen molar-refractivity contribution in [1.82, 2.24) is 0 Å². The van der Waals surface area contributed by atoms with Gasteiger partial charge in [-0.25, -0.2) is 0 Å². The number of alkyl halides is 1. The zero-order valence-electron chi connectivity index (χ0n) is 8.06. The van der Waals surface area contributed by atoms with Gasteiger partial charge >= 0.3 is 0 Å². The summed E-state index contributed by atoms with van der Waals surface area (Å²) in [7, 11) is 0. The number of halogens is 3. The van der Waals surface area contributed by atoms with Crippen LogP contribution in [0.1, 0.15) is 12.5 Å². The molecule has 4 heteroatoms. The van der Waals surface area contributed by atoms with Crippen LogP contribution in [-0.4, -0.2) is 11.7 Å². The van der Waals surface area contributed by atoms with Crippen LogP contribution < -0.4 is 0 Å². The van der Waals surface area contributed by atoms with Crippen LogP contribution in [0.4, 0.5) is 0 Å². The molecule has 0 aliphatic heterocycles. The molecule has 0 saturated heterocycles. The molecule has 0 amide bonds. The molecule has 0 unspecified atom stereocenters. The standard InChI is InChI=1S/C11H9Cl3O/c1-7(15)4-8(6-12)10-3-2-9(13)5-11(10)14/h2-5H,6H2,1H3/b8-4+. The van der Waals surface area contributed by atoms with E-state index in [1.807, 2.05) is 0 Å². The Hall–Kier alpha value is -0.500. The highest BCUT2D eigenvalue weighted by molar-refractivity contribution is 6.36. The fourth-order valence-corrected chi connectivity index (χ4v) is 1.93. The molecule has 15 heavy (non-hydrogen) atoms. The van der Waals surface area contributed by atoms with Crippen LogP contribution in [0.5, 0.6) is 0 Å². The van der Waals surface area contributed by atoms with Gasteiger partial charge in [0.1, 0.15) is 0 Å². The Morgan fingerprint density at radius 1 is 1.40 bits per heavy atom. The highest BCUT2D eigenvalue weighted by Crippen LogP contribution is 2.27. The number of hydrogen-bond acceptors (Lipinski definition) is 1. The van der Waals surface area contributed by atoms with Crippen molar-refractivity contribution in [2.24, 2.45) is 0 Å². The van der Waals surface area contributed by atoms with Gasteiger partial charge in [0.2, 0.25) is 0 Å². The molecule has 0 fully saturated rings. The van der Waals surface area contributed by atoms with E-state index in [1.54, 1.807) is 18.2 Å². The Kier molecular flexibility index (Phi) is 4.65. The monoisotopic (exact) mass is 262 g/mol. The first-order valence-electron chi connectivity index (χ1n) is 4.27. The van der Waals surface area contributed by atoms with Crippen LogP contribution in [0.2, 0.25) is 10.0 Å². The van der Waals surface area contributed by atoms with E-state index in [2.05, 4.69) is 0 Å². The molecule has 1 nitrogen and oxygen atoms in total. The van der Waals surface area contributed by atoms with E-state index in [4.69, 9.17) is 34.8 Å². The smallest absolute Gasteiger partial charge is 0.152 e. The molecule has 0 spiro atoms. The third-order valence-electron chi connectivity index (χ3n) is 1.80. The van der Waals surface area contributed by atoms with Gasteiger partial charge in [-0.05, 0) is 36.3 Å². The Balaban J connectivity index is 3.19. The zero-order valence-corrected chi connectivity index (χ0v) is 10.3. The van der Waals surface area contributed by atoms with Gasteiger partial charge in [0.15, 0.2) is 5.78 Å². The number of hydrogen-bond donors (Lipinski definition) is 0. The molecule has 1 aromatic rings. The highest BCUT2D eigenvalue weighted by Gasteiger charge is 2.07. The van der Waals surface area contributed by atoms with Crippen molar-refractivity contribution < 1.29 is 4.79 Å². The molecule has 0 aromatic heterocycles. The summed E-state index contributed by atoms with van der Waals surface area (Å²) in [5.74, 6) is 0.178. The average Bonchev–Trinajstić information content (AvgIpc) is 2.14. The number of rotatable bonds is 3. The van der Waals surface area contributed by atoms with Crippen molar-refractivity contribution in [1.29, 1.82) is 0 Å². The van der Waals surface area contributed by atoms with Crippen LogP contribution >= 0.6 is 34.8 Å². The summed E-state index contributed by atoms with van der Waals surface area (Å²) in [4.78, 5) is 11.0. The topological polar surface area (TPSA) is 17.1 Å². The Bertz CT molecular complexity index is 410. The van der Waals surface area contributed by atoms with Gasteiger partial charge in [0, 0.05) is 15.9 Å². The molecule has 1 rings (SSSR count). The second-order valence-electron chi connectivity index (χ2n) is 3.04. The lowest BCUT2D eigenvalue weighted by molar-refractivity contribution is -0.112. The molecule has 1 aromatic carbocycles. The van der Waals surface area contributed by atoms with Crippen molar-refractivity contribution >= 4 is 46.2 Å². The second-order valence-corrected chi connectivity index (χ2v) is 4.15. The first-order chi connectivity index (χ1) is 7.04. The number of carbonyl (C=O) groups is 1. The molecular formula is C11H9Cl3O. The van der Waals surface area contributed by atoms with Gasteiger partial charge in [-0.3, -0.25) is 4.79 Å². The lowest BCUT2D eigenvalue weighted by atomic mass is 10.1. The maximum Gasteiger partial charge on any atom is 0.152 e. The van der Waals surface area contributed by atoms with Gasteiger partial charge in [-0.15, -0.1) is 11.6 Å². The number of allylic oxidation sites excluding steroid dienone is 2. The van der Waals surface area contributed by atoms with Gasteiger partial charge in [-0.1, -0.05) is 29.3 Å². The molecule has 0 N–H and O–H groups in total. The van der Waals surface area contributed by atoms with Crippen molar-refractivity contribution in [3.05, 3.63) is 39.9 Å². The van der Waals surface area contributed by atoms with Crippen molar-refractivity contribution in [2.45, 2.75) is 6.92 Å². The minimum Gasteiger partial charge on any atom is -0.295 e. The summed E-state index contributed by atoms with van der Waals surface area (Å²) in [6, 6.07) is 5.09. The Morgan fingerprint density at radius 3 is 2.53 bits per heavy atom. The van der Waals surface area contributed by atoms with Gasteiger partial charge in [-0.2, -0.15) is 0 Å². The van der Waals surface area contributed by atoms with Crippen LogP contribution in [0.3, 0.4) is 0 Å². The van der Waals surface area contributed by atoms with Crippen LogP contribution in [0.25, 0.3) is 5.57 Å². The molecule has 0 aliphatic rings. The normalized spacial score (nSPS) is 11.6. The summed E-state index contributed by atoms with van der Waals surface area (Å²) < 4.78 is 0. The third-order valence-corrected chi connectivity index (χ3v) is 2.63. The van der Waals surface area contributed by atoms with E-state index in [9.17, 15) is 4.79 Å². The minimum absolute atomic E-state index is 0.0586. The molecule has 0 radical (unpaired) electrons. The Morgan fingerprint density at radius 2 is 2.07 bits per heavy atom. The lowest BCUT2D eigenvalue weighted by Crippen LogP contribution is -1.92. The molecule has 0 aliphatic carbocycles. The third kappa shape index (κ3) is 3.53. The quantitative estimate of drug-likeness (QED) is 0.590. The van der Waals surface area contributed by atoms with Crippen molar-refractivity contribution in [2.75, 3.05) is 5.88 Å². The Labute approximate surface area is 104 Å². The molecule has 0 bridgehead atoms. The average molecular weight is 264 g/mol. The molecule has 0 heterocycles. The molecule has 0 atom stereocenters. The first kappa shape index (κ1) is 12.6. The molecule has 0 saturated carbocycles. The lowest BCUT2D eigenvalue weighted by Gasteiger charge is -2.06. The van der Waals surface area contributed by atoms with E-state index < -0.39 is 0 Å². The van der Waals surface area contributed by atoms with E-state index in [0.717, 1.165) is 5.56 Å². The fraction of sp³-hybridized carbons (Fsp3) is 0.182. The van der Waals surface area contributed by atoms with Gasteiger partial charge < -0.3 is 0 Å². The maximum absolute atomic E-state index is 11.0. The van der Waals surface area contributed by atoms with E-state index in [-0.39, 0.29) is 11.7 Å². The first-order valence-corrected chi connectivity index (χ1v) is 5.56. The molecule has 80 valence electrons. The van der Waals surface area contributed by atoms with Crippen molar-refractivity contribution in [3.63, 3.8) is 0 Å². The largest absolute Gasteiger partial charge is 0.295 e. The van der Waals surface area contributed by atoms with Gasteiger partial charge in [0.05, 0.1) is 0 Å². The molecular weight excluding hydrogens is 254 g/mol. The number of benzene rings is 1. The van der Waals surface area contributed by atoms with Crippen LogP contribution in [-0.2, 0) is 4.79 Å². The fourth-order valence-electron chi connectivity index (χ4n) is 1.18. The van der Waals surface area contributed by atoms with E-state index >= 15 is 0 Å². The van der Waals surface area contributed by atoms with Crippen LogP contribution in [0.15, 0.2) is 24.3 Å². The minimum atomic E-state index is -0.0586. The number of carbonyl (C=O) groups excluding carboxylic acids is 1. The number of ketones is 1. The zero-order chi connectivity index (χ0) is 11.4. The SMILES string of the molecule is CC(=O)/C=C(\CCl)c1ccc(Cl)cc1Cl. The predicted octanol–water partition coefficient (Wildman–Crippen LogP) is 4.20. The summed E-state index contributed by atoms with van der Waals surface area (Å²) in [5.41, 5.74) is 1.44. The predicted molar refractivity (Wildman–Crippen MR) is 65.8 cm³/mol. The summed E-state index contributed by atoms with van der Waals surface area (Å²) in [5, 5.41) is 1.05. The van der Waals surface area contributed by atoms with E-state index in [1.165, 1.54) is 13.0 Å². The van der Waals surface area contributed by atoms with E-state index in [0.29, 0.717) is 15.6 Å². The van der Waals surface area contributed by atoms with Gasteiger partial charge in [0.25, 0.3) is 0 Å². The summed E-state index contributed by atoms with van der Waals surface area (Å²) >= 11 is 17.5. The highest BCUT2D eigenvalue weighted by atomic mass is 35.5. The summed E-state index contributed by atoms with van der Waals surface area (Å²) in [6.07, 6.45) is 1.47. The van der Waals surface area contributed by atoms with Crippen LogP contribution in [0, 0.1) is 0 Å². The summed E-state index contributed by atoms with van der Waals surface area (Å²) in [6.45, 7) is 1.47. The van der Waals surface area contributed by atoms with Crippen molar-refractivity contribution in [3.8, 4) is 0 Å².